The fraction of sp³-hybridized carbons (Fsp3) is 0.429. The third-order valence-electron chi connectivity index (χ3n) is 9.58. The van der Waals surface area contributed by atoms with E-state index < -0.39 is 0 Å². The van der Waals surface area contributed by atoms with Crippen LogP contribution in [-0.2, 0) is 12.8 Å². The molecule has 0 spiro atoms. The Morgan fingerprint density at radius 3 is 1.17 bits per heavy atom. The fourth-order valence-electron chi connectivity index (χ4n) is 6.86. The van der Waals surface area contributed by atoms with Gasteiger partial charge in [0.2, 0.25) is 0 Å². The Kier molecular flexibility index (Phi) is 10.9. The summed E-state index contributed by atoms with van der Waals surface area (Å²) in [4.78, 5) is 10.3. The number of fused-ring (bicyclic) bond motifs is 4. The van der Waals surface area contributed by atoms with E-state index in [0.717, 1.165) is 121 Å². The molecule has 2 aliphatic rings. The molecule has 0 atom stereocenters. The van der Waals surface area contributed by atoms with E-state index in [9.17, 15) is 0 Å². The lowest BCUT2D eigenvalue weighted by molar-refractivity contribution is 0.287. The smallest absolute Gasteiger partial charge is 0.122 e. The minimum atomic E-state index is 0.721. The number of rotatable bonds is 0. The van der Waals surface area contributed by atoms with Gasteiger partial charge < -0.3 is 18.9 Å². The van der Waals surface area contributed by atoms with Crippen molar-refractivity contribution in [2.45, 2.75) is 89.9 Å². The predicted molar refractivity (Wildman–Crippen MR) is 194 cm³/mol. The summed E-state index contributed by atoms with van der Waals surface area (Å²) in [7, 11) is 0. The zero-order valence-electron chi connectivity index (χ0n) is 28.2. The van der Waals surface area contributed by atoms with Crippen LogP contribution in [0.2, 0.25) is 0 Å². The first-order valence-corrected chi connectivity index (χ1v) is 18.3. The van der Waals surface area contributed by atoms with E-state index in [0.29, 0.717) is 0 Å². The van der Waals surface area contributed by atoms with Crippen LogP contribution in [-0.4, -0.2) is 36.4 Å². The Balaban J connectivity index is 1.02. The highest BCUT2D eigenvalue weighted by atomic mass is 16.5. The Hall–Kier alpha value is -4.32. The van der Waals surface area contributed by atoms with Gasteiger partial charge in [0, 0.05) is 29.0 Å². The van der Waals surface area contributed by atoms with Crippen molar-refractivity contribution in [3.05, 3.63) is 83.9 Å². The number of hydrogen-bond donors (Lipinski definition) is 0. The van der Waals surface area contributed by atoms with Gasteiger partial charge in [0.05, 0.1) is 48.8 Å². The molecule has 0 N–H and O–H groups in total. The molecule has 0 saturated carbocycles. The van der Waals surface area contributed by atoms with Gasteiger partial charge in [-0.2, -0.15) is 0 Å². The molecule has 0 unspecified atom stereocenters. The largest absolute Gasteiger partial charge is 0.494 e. The maximum Gasteiger partial charge on any atom is 0.122 e. The maximum absolute atomic E-state index is 6.18. The van der Waals surface area contributed by atoms with Crippen molar-refractivity contribution in [2.24, 2.45) is 0 Å². The summed E-state index contributed by atoms with van der Waals surface area (Å²) >= 11 is 0. The molecule has 3 aromatic carbocycles. The van der Waals surface area contributed by atoms with Gasteiger partial charge in [-0.25, -0.2) is 9.97 Å². The van der Waals surface area contributed by atoms with Crippen molar-refractivity contribution < 1.29 is 18.9 Å². The molecule has 0 radical (unpaired) electrons. The fourth-order valence-corrected chi connectivity index (χ4v) is 6.86. The molecule has 250 valence electrons. The SMILES string of the molecule is c1cc2cc(c1)OCCCCCCCCOc1ccc3cc4c(nc3c1)-c1nc3cc(ccc3cc1CC4)OCCCCCCCCO2. The summed E-state index contributed by atoms with van der Waals surface area (Å²) in [5, 5.41) is 2.30. The third-order valence-corrected chi connectivity index (χ3v) is 9.58. The maximum atomic E-state index is 6.18. The van der Waals surface area contributed by atoms with Crippen LogP contribution < -0.4 is 18.9 Å². The first kappa shape index (κ1) is 32.2. The second-order valence-electron chi connectivity index (χ2n) is 13.3. The molecule has 0 saturated heterocycles. The molecule has 48 heavy (non-hydrogen) atoms. The first-order chi connectivity index (χ1) is 23.8. The number of nitrogens with zero attached hydrogens (tertiary/aromatic N) is 2. The summed E-state index contributed by atoms with van der Waals surface area (Å²) in [6.45, 7) is 2.93. The highest BCUT2D eigenvalue weighted by Crippen LogP contribution is 2.36. The lowest BCUT2D eigenvalue weighted by atomic mass is 9.91. The molecule has 0 amide bonds. The highest BCUT2D eigenvalue weighted by Gasteiger charge is 2.21. The molecule has 5 aromatic rings. The van der Waals surface area contributed by atoms with Crippen LogP contribution in [0.1, 0.15) is 88.2 Å². The molecule has 1 aliphatic carbocycles. The summed E-state index contributed by atoms with van der Waals surface area (Å²) in [5.41, 5.74) is 6.46. The van der Waals surface area contributed by atoms with E-state index in [-0.39, 0.29) is 0 Å². The topological polar surface area (TPSA) is 62.7 Å². The van der Waals surface area contributed by atoms with E-state index in [1.165, 1.54) is 62.5 Å². The van der Waals surface area contributed by atoms with Gasteiger partial charge in [0.1, 0.15) is 23.0 Å². The number of ether oxygens (including phenoxy) is 4. The molecule has 8 bridgehead atoms. The first-order valence-electron chi connectivity index (χ1n) is 18.3. The van der Waals surface area contributed by atoms with Crippen molar-refractivity contribution >= 4 is 21.8 Å². The average Bonchev–Trinajstić information content (AvgIpc) is 3.11. The molecular weight excluding hydrogens is 596 g/mol. The van der Waals surface area contributed by atoms with Crippen molar-refractivity contribution in [3.63, 3.8) is 0 Å². The molecule has 6 nitrogen and oxygen atoms in total. The Morgan fingerprint density at radius 1 is 0.375 bits per heavy atom. The van der Waals surface area contributed by atoms with E-state index >= 15 is 0 Å². The zero-order valence-corrected chi connectivity index (χ0v) is 28.2. The second-order valence-corrected chi connectivity index (χ2v) is 13.3. The number of aromatic nitrogens is 2. The summed E-state index contributed by atoms with van der Waals surface area (Å²) < 4.78 is 24.4. The molecule has 3 heterocycles. The van der Waals surface area contributed by atoms with Crippen LogP contribution in [0, 0.1) is 0 Å². The molecule has 2 aromatic heterocycles. The standard InChI is InChI=1S/C42H48N2O4/c1-3-7-11-24-47-37-20-18-31-26-33-16-17-34-27-32-19-21-38(30-40(32)44-42(34)41(33)43-39(31)29-37)48-25-12-8-4-2-6-10-23-46-36-15-13-14-35(28-36)45-22-9-5-1/h13-15,18-21,26-30H,1-12,16-17,22-25H2. The summed E-state index contributed by atoms with van der Waals surface area (Å²) in [5.74, 6) is 3.55. The second kappa shape index (κ2) is 16.2. The van der Waals surface area contributed by atoms with E-state index in [2.05, 4.69) is 48.5 Å². The van der Waals surface area contributed by atoms with Crippen LogP contribution >= 0.6 is 0 Å². The van der Waals surface area contributed by atoms with Crippen molar-refractivity contribution in [3.8, 4) is 34.4 Å². The van der Waals surface area contributed by atoms with Gasteiger partial charge in [-0.05, 0) is 98.2 Å². The van der Waals surface area contributed by atoms with Crippen molar-refractivity contribution in [1.82, 2.24) is 9.97 Å². The minimum absolute atomic E-state index is 0.721. The third kappa shape index (κ3) is 8.39. The lowest BCUT2D eigenvalue weighted by Gasteiger charge is -2.20. The molecular formula is C42H48N2O4. The average molecular weight is 645 g/mol. The normalized spacial score (nSPS) is 17.2. The van der Waals surface area contributed by atoms with E-state index in [1.54, 1.807) is 0 Å². The van der Waals surface area contributed by atoms with Crippen LogP contribution in [0.15, 0.2) is 72.8 Å². The number of aryl methyl sites for hydroxylation is 2. The van der Waals surface area contributed by atoms with Gasteiger partial charge in [-0.3, -0.25) is 0 Å². The van der Waals surface area contributed by atoms with Gasteiger partial charge in [0.15, 0.2) is 0 Å². The van der Waals surface area contributed by atoms with Gasteiger partial charge in [-0.15, -0.1) is 0 Å². The van der Waals surface area contributed by atoms with Gasteiger partial charge in [-0.1, -0.05) is 57.4 Å². The summed E-state index contributed by atoms with van der Waals surface area (Å²) in [6.07, 6.45) is 15.8. The van der Waals surface area contributed by atoms with Crippen molar-refractivity contribution in [2.75, 3.05) is 26.4 Å². The predicted octanol–water partition coefficient (Wildman–Crippen LogP) is 10.5. The molecule has 6 heteroatoms. The molecule has 0 fully saturated rings. The van der Waals surface area contributed by atoms with Crippen molar-refractivity contribution in [1.29, 1.82) is 0 Å². The van der Waals surface area contributed by atoms with E-state index in [1.807, 2.05) is 24.3 Å². The number of hydrogen-bond acceptors (Lipinski definition) is 6. The highest BCUT2D eigenvalue weighted by molar-refractivity contribution is 5.88. The van der Waals surface area contributed by atoms with E-state index in [4.69, 9.17) is 28.9 Å². The number of pyridine rings is 2. The monoisotopic (exact) mass is 644 g/mol. The van der Waals surface area contributed by atoms with Crippen LogP contribution in [0.4, 0.5) is 0 Å². The Morgan fingerprint density at radius 2 is 0.750 bits per heavy atom. The molecule has 1 aliphatic heterocycles. The quantitative estimate of drug-likeness (QED) is 0.167. The lowest BCUT2D eigenvalue weighted by Crippen LogP contribution is -2.08. The minimum Gasteiger partial charge on any atom is -0.494 e. The van der Waals surface area contributed by atoms with Gasteiger partial charge >= 0.3 is 0 Å². The van der Waals surface area contributed by atoms with Crippen LogP contribution in [0.5, 0.6) is 23.0 Å². The number of benzene rings is 3. The Labute approximate surface area is 284 Å². The zero-order chi connectivity index (χ0) is 32.4. The van der Waals surface area contributed by atoms with Gasteiger partial charge in [0.25, 0.3) is 0 Å². The summed E-state index contributed by atoms with van der Waals surface area (Å²) in [6, 6.07) is 25.3. The molecule has 7 rings (SSSR count). The Bertz CT molecular complexity index is 1690. The van der Waals surface area contributed by atoms with Crippen LogP contribution in [0.25, 0.3) is 33.2 Å². The van der Waals surface area contributed by atoms with Crippen LogP contribution in [0.3, 0.4) is 0 Å².